The first-order valence-corrected chi connectivity index (χ1v) is 7.54. The van der Waals surface area contributed by atoms with E-state index in [1.165, 1.54) is 4.90 Å². The van der Waals surface area contributed by atoms with Gasteiger partial charge in [-0.2, -0.15) is 0 Å². The van der Waals surface area contributed by atoms with Crippen molar-refractivity contribution in [2.75, 3.05) is 13.1 Å². The number of hydrogen-bond acceptors (Lipinski definition) is 3. The fourth-order valence-corrected chi connectivity index (χ4v) is 2.81. The Hall–Kier alpha value is -2.66. The Balaban J connectivity index is 1.89. The number of aliphatic hydroxyl groups is 1. The number of nitrogens with zero attached hydrogens (tertiary/aromatic N) is 1. The SMILES string of the molecule is O=C1NCCN(C(=O)C(O)c2ccccc2)C1c1ccccc1. The van der Waals surface area contributed by atoms with Crippen molar-refractivity contribution in [2.45, 2.75) is 12.1 Å². The molecule has 1 saturated heterocycles. The molecule has 2 unspecified atom stereocenters. The van der Waals surface area contributed by atoms with Crippen LogP contribution in [0.1, 0.15) is 23.3 Å². The summed E-state index contributed by atoms with van der Waals surface area (Å²) in [6.45, 7) is 0.753. The molecule has 0 spiro atoms. The molecule has 23 heavy (non-hydrogen) atoms. The normalized spacial score (nSPS) is 19.1. The van der Waals surface area contributed by atoms with Crippen molar-refractivity contribution in [1.82, 2.24) is 10.2 Å². The lowest BCUT2D eigenvalue weighted by Crippen LogP contribution is -2.53. The Labute approximate surface area is 134 Å². The maximum Gasteiger partial charge on any atom is 0.257 e. The van der Waals surface area contributed by atoms with E-state index >= 15 is 0 Å². The van der Waals surface area contributed by atoms with Crippen molar-refractivity contribution >= 4 is 11.8 Å². The van der Waals surface area contributed by atoms with Gasteiger partial charge in [0.2, 0.25) is 5.91 Å². The number of rotatable bonds is 3. The van der Waals surface area contributed by atoms with Crippen molar-refractivity contribution in [1.29, 1.82) is 0 Å². The van der Waals surface area contributed by atoms with E-state index in [0.717, 1.165) is 5.56 Å². The number of nitrogens with one attached hydrogen (secondary N) is 1. The zero-order valence-corrected chi connectivity index (χ0v) is 12.6. The van der Waals surface area contributed by atoms with Gasteiger partial charge in [-0.25, -0.2) is 0 Å². The summed E-state index contributed by atoms with van der Waals surface area (Å²) in [5.41, 5.74) is 1.26. The molecule has 2 amide bonds. The van der Waals surface area contributed by atoms with Gasteiger partial charge in [0, 0.05) is 13.1 Å². The smallest absolute Gasteiger partial charge is 0.257 e. The monoisotopic (exact) mass is 310 g/mol. The Morgan fingerprint density at radius 1 is 1.09 bits per heavy atom. The minimum Gasteiger partial charge on any atom is -0.378 e. The molecule has 0 aromatic heterocycles. The molecule has 5 heteroatoms. The van der Waals surface area contributed by atoms with Crippen molar-refractivity contribution in [3.8, 4) is 0 Å². The first kappa shape index (κ1) is 15.2. The number of piperazine rings is 1. The van der Waals surface area contributed by atoms with Crippen LogP contribution in [0.3, 0.4) is 0 Å². The van der Waals surface area contributed by atoms with Crippen molar-refractivity contribution in [3.05, 3.63) is 71.8 Å². The molecule has 0 radical (unpaired) electrons. The van der Waals surface area contributed by atoms with Crippen LogP contribution in [0.2, 0.25) is 0 Å². The van der Waals surface area contributed by atoms with E-state index in [0.29, 0.717) is 18.7 Å². The van der Waals surface area contributed by atoms with Crippen LogP contribution in [-0.2, 0) is 9.59 Å². The van der Waals surface area contributed by atoms with E-state index in [9.17, 15) is 14.7 Å². The fourth-order valence-electron chi connectivity index (χ4n) is 2.81. The Morgan fingerprint density at radius 3 is 2.35 bits per heavy atom. The molecule has 1 fully saturated rings. The van der Waals surface area contributed by atoms with Gasteiger partial charge in [-0.1, -0.05) is 60.7 Å². The van der Waals surface area contributed by atoms with E-state index < -0.39 is 18.1 Å². The predicted molar refractivity (Wildman–Crippen MR) is 85.3 cm³/mol. The Kier molecular flexibility index (Phi) is 4.39. The molecule has 3 rings (SSSR count). The lowest BCUT2D eigenvalue weighted by molar-refractivity contribution is -0.150. The highest BCUT2D eigenvalue weighted by atomic mass is 16.3. The molecule has 1 aliphatic heterocycles. The second-order valence-corrected chi connectivity index (χ2v) is 5.45. The molecule has 0 aliphatic carbocycles. The standard InChI is InChI=1S/C18H18N2O3/c21-16(14-9-5-2-6-10-14)18(23)20-12-11-19-17(22)15(20)13-7-3-1-4-8-13/h1-10,15-16,21H,11-12H2,(H,19,22). The molecular weight excluding hydrogens is 292 g/mol. The van der Waals surface area contributed by atoms with Crippen molar-refractivity contribution in [2.24, 2.45) is 0 Å². The first-order valence-electron chi connectivity index (χ1n) is 7.54. The molecule has 1 aliphatic rings. The second-order valence-electron chi connectivity index (χ2n) is 5.45. The topological polar surface area (TPSA) is 69.6 Å². The summed E-state index contributed by atoms with van der Waals surface area (Å²) < 4.78 is 0. The quantitative estimate of drug-likeness (QED) is 0.901. The number of benzene rings is 2. The number of hydrogen-bond donors (Lipinski definition) is 2. The maximum absolute atomic E-state index is 12.7. The van der Waals surface area contributed by atoms with Gasteiger partial charge in [0.25, 0.3) is 5.91 Å². The predicted octanol–water partition coefficient (Wildman–Crippen LogP) is 1.42. The lowest BCUT2D eigenvalue weighted by atomic mass is 10.0. The molecule has 2 atom stereocenters. The van der Waals surface area contributed by atoms with E-state index in [4.69, 9.17) is 0 Å². The molecule has 0 bridgehead atoms. The number of amides is 2. The van der Waals surface area contributed by atoms with Gasteiger partial charge < -0.3 is 15.3 Å². The fraction of sp³-hybridized carbons (Fsp3) is 0.222. The zero-order chi connectivity index (χ0) is 16.2. The average molecular weight is 310 g/mol. The van der Waals surface area contributed by atoms with E-state index in [1.54, 1.807) is 24.3 Å². The van der Waals surface area contributed by atoms with Crippen LogP contribution in [0.4, 0.5) is 0 Å². The minimum absolute atomic E-state index is 0.226. The van der Waals surface area contributed by atoms with Crippen LogP contribution in [0.25, 0.3) is 0 Å². The van der Waals surface area contributed by atoms with Gasteiger partial charge in [0.15, 0.2) is 6.10 Å². The second kappa shape index (κ2) is 6.62. The van der Waals surface area contributed by atoms with Gasteiger partial charge in [0.1, 0.15) is 6.04 Å². The molecule has 118 valence electrons. The summed E-state index contributed by atoms with van der Waals surface area (Å²) in [4.78, 5) is 26.5. The van der Waals surface area contributed by atoms with Crippen LogP contribution < -0.4 is 5.32 Å². The summed E-state index contributed by atoms with van der Waals surface area (Å²) in [5.74, 6) is -0.684. The Bertz CT molecular complexity index is 688. The van der Waals surface area contributed by atoms with Gasteiger partial charge in [-0.15, -0.1) is 0 Å². The molecular formula is C18H18N2O3. The maximum atomic E-state index is 12.7. The van der Waals surface area contributed by atoms with E-state index in [1.807, 2.05) is 36.4 Å². The summed E-state index contributed by atoms with van der Waals surface area (Å²) >= 11 is 0. The molecule has 1 heterocycles. The minimum atomic E-state index is -1.27. The third kappa shape index (κ3) is 3.10. The molecule has 2 N–H and O–H groups in total. The van der Waals surface area contributed by atoms with Crippen LogP contribution >= 0.6 is 0 Å². The van der Waals surface area contributed by atoms with E-state index in [-0.39, 0.29) is 5.91 Å². The van der Waals surface area contributed by atoms with Crippen LogP contribution in [0, 0.1) is 0 Å². The average Bonchev–Trinajstić information content (AvgIpc) is 2.61. The Morgan fingerprint density at radius 2 is 1.70 bits per heavy atom. The number of carbonyl (C=O) groups excluding carboxylic acids is 2. The summed E-state index contributed by atoms with van der Waals surface area (Å²) in [6, 6.07) is 17.2. The first-order chi connectivity index (χ1) is 11.2. The van der Waals surface area contributed by atoms with Crippen LogP contribution in [-0.4, -0.2) is 34.9 Å². The molecule has 5 nitrogen and oxygen atoms in total. The van der Waals surface area contributed by atoms with Gasteiger partial charge in [-0.05, 0) is 11.1 Å². The number of aliphatic hydroxyl groups excluding tert-OH is 1. The van der Waals surface area contributed by atoms with Crippen LogP contribution in [0.5, 0.6) is 0 Å². The summed E-state index contributed by atoms with van der Waals surface area (Å²) in [5, 5.41) is 13.1. The molecule has 2 aromatic carbocycles. The van der Waals surface area contributed by atoms with Crippen molar-refractivity contribution < 1.29 is 14.7 Å². The lowest BCUT2D eigenvalue weighted by Gasteiger charge is -2.36. The largest absolute Gasteiger partial charge is 0.378 e. The molecule has 0 saturated carbocycles. The highest BCUT2D eigenvalue weighted by molar-refractivity contribution is 5.91. The summed E-state index contributed by atoms with van der Waals surface area (Å²) in [6.07, 6.45) is -1.27. The molecule has 2 aromatic rings. The highest BCUT2D eigenvalue weighted by Gasteiger charge is 2.36. The van der Waals surface area contributed by atoms with E-state index in [2.05, 4.69) is 5.32 Å². The number of carbonyl (C=O) groups is 2. The summed E-state index contributed by atoms with van der Waals surface area (Å²) in [7, 11) is 0. The zero-order valence-electron chi connectivity index (χ0n) is 12.6. The van der Waals surface area contributed by atoms with Gasteiger partial charge >= 0.3 is 0 Å². The van der Waals surface area contributed by atoms with Gasteiger partial charge in [-0.3, -0.25) is 9.59 Å². The van der Waals surface area contributed by atoms with Gasteiger partial charge in [0.05, 0.1) is 0 Å². The van der Waals surface area contributed by atoms with Crippen LogP contribution in [0.15, 0.2) is 60.7 Å². The third-order valence-electron chi connectivity index (χ3n) is 3.96. The highest BCUT2D eigenvalue weighted by Crippen LogP contribution is 2.27. The third-order valence-corrected chi connectivity index (χ3v) is 3.96. The van der Waals surface area contributed by atoms with Crippen molar-refractivity contribution in [3.63, 3.8) is 0 Å².